The van der Waals surface area contributed by atoms with E-state index in [1.54, 1.807) is 18.2 Å². The molecule has 3 aromatic carbocycles. The average Bonchev–Trinajstić information content (AvgIpc) is 3.11. The molecule has 0 radical (unpaired) electrons. The maximum atomic E-state index is 12.9. The lowest BCUT2D eigenvalue weighted by Crippen LogP contribution is -2.27. The molecule has 0 saturated carbocycles. The number of carbonyl (C=O) groups excluding carboxylic acids is 2. The highest BCUT2D eigenvalue weighted by Crippen LogP contribution is 2.39. The number of nitro benzene ring substituents is 1. The predicted octanol–water partition coefficient (Wildman–Crippen LogP) is 6.83. The highest BCUT2D eigenvalue weighted by Gasteiger charge is 2.35. The number of nitro groups is 1. The molecule has 3 aromatic rings. The van der Waals surface area contributed by atoms with Crippen molar-refractivity contribution in [3.63, 3.8) is 0 Å². The van der Waals surface area contributed by atoms with Gasteiger partial charge in [-0.1, -0.05) is 51.8 Å². The molecule has 4 rings (SSSR count). The summed E-state index contributed by atoms with van der Waals surface area (Å²) in [6.07, 6.45) is 1.56. The summed E-state index contributed by atoms with van der Waals surface area (Å²) in [5, 5.41) is 10.7. The standard InChI is InChI=1S/C25H18BrClN2O6S/c1-34-21-11-17(10-20(27)23(21)35-14-16-2-6-18(26)7-3-16)12-22-24(30)28(25(31)36-22)13-15-4-8-19(9-5-15)29(32)33/h2-12H,13-14H2,1H3/b22-12-. The van der Waals surface area contributed by atoms with Crippen LogP contribution < -0.4 is 9.47 Å². The van der Waals surface area contributed by atoms with E-state index in [1.165, 1.54) is 31.4 Å². The SMILES string of the molecule is COc1cc(/C=C2\SC(=O)N(Cc3ccc([N+](=O)[O-])cc3)C2=O)cc(Cl)c1OCc1ccc(Br)cc1. The quantitative estimate of drug-likeness (QED) is 0.161. The van der Waals surface area contributed by atoms with Gasteiger partial charge in [0.2, 0.25) is 0 Å². The number of methoxy groups -OCH3 is 1. The van der Waals surface area contributed by atoms with E-state index in [1.807, 2.05) is 24.3 Å². The first-order chi connectivity index (χ1) is 17.2. The van der Waals surface area contributed by atoms with Crippen molar-refractivity contribution in [1.29, 1.82) is 0 Å². The number of rotatable bonds is 8. The van der Waals surface area contributed by atoms with Crippen LogP contribution in [0.25, 0.3) is 6.08 Å². The number of carbonyl (C=O) groups is 2. The van der Waals surface area contributed by atoms with Crippen LogP contribution in [0.1, 0.15) is 16.7 Å². The molecule has 0 aliphatic carbocycles. The zero-order valence-corrected chi connectivity index (χ0v) is 21.9. The topological polar surface area (TPSA) is 99.0 Å². The highest BCUT2D eigenvalue weighted by molar-refractivity contribution is 9.10. The Morgan fingerprint density at radius 3 is 2.39 bits per heavy atom. The van der Waals surface area contributed by atoms with Crippen molar-refractivity contribution in [3.8, 4) is 11.5 Å². The summed E-state index contributed by atoms with van der Waals surface area (Å²) in [6.45, 7) is 0.289. The molecule has 1 saturated heterocycles. The van der Waals surface area contributed by atoms with Crippen LogP contribution in [0.3, 0.4) is 0 Å². The van der Waals surface area contributed by atoms with Crippen LogP contribution in [0.2, 0.25) is 5.02 Å². The maximum absolute atomic E-state index is 12.9. The van der Waals surface area contributed by atoms with Gasteiger partial charge in [-0.05, 0) is 58.8 Å². The Kier molecular flexibility index (Phi) is 7.97. The second kappa shape index (κ2) is 11.2. The number of halogens is 2. The number of non-ortho nitro benzene ring substituents is 1. The van der Waals surface area contributed by atoms with Crippen molar-refractivity contribution >= 4 is 62.2 Å². The van der Waals surface area contributed by atoms with E-state index in [0.717, 1.165) is 26.7 Å². The third-order valence-corrected chi connectivity index (χ3v) is 6.92. The second-order valence-corrected chi connectivity index (χ2v) is 9.96. The molecule has 0 bridgehead atoms. The predicted molar refractivity (Wildman–Crippen MR) is 141 cm³/mol. The van der Waals surface area contributed by atoms with E-state index in [-0.39, 0.29) is 23.7 Å². The smallest absolute Gasteiger partial charge is 0.293 e. The largest absolute Gasteiger partial charge is 0.493 e. The van der Waals surface area contributed by atoms with Gasteiger partial charge < -0.3 is 9.47 Å². The molecule has 184 valence electrons. The van der Waals surface area contributed by atoms with Crippen molar-refractivity contribution < 1.29 is 24.0 Å². The van der Waals surface area contributed by atoms with Gasteiger partial charge in [0.25, 0.3) is 16.8 Å². The number of benzene rings is 3. The zero-order chi connectivity index (χ0) is 25.8. The van der Waals surface area contributed by atoms with Gasteiger partial charge in [0, 0.05) is 16.6 Å². The molecule has 0 unspecified atom stereocenters. The fourth-order valence-corrected chi connectivity index (χ4v) is 4.77. The maximum Gasteiger partial charge on any atom is 0.293 e. The molecule has 11 heteroatoms. The summed E-state index contributed by atoms with van der Waals surface area (Å²) < 4.78 is 12.3. The highest BCUT2D eigenvalue weighted by atomic mass is 79.9. The number of imide groups is 1. The Bertz CT molecular complexity index is 1360. The summed E-state index contributed by atoms with van der Waals surface area (Å²) >= 11 is 10.7. The Hall–Kier alpha value is -3.34. The number of hydrogen-bond donors (Lipinski definition) is 0. The normalized spacial score (nSPS) is 14.4. The summed E-state index contributed by atoms with van der Waals surface area (Å²) in [5.41, 5.74) is 2.04. The first-order valence-electron chi connectivity index (χ1n) is 10.5. The van der Waals surface area contributed by atoms with Crippen LogP contribution in [0, 0.1) is 10.1 Å². The lowest BCUT2D eigenvalue weighted by atomic mass is 10.1. The van der Waals surface area contributed by atoms with Crippen molar-refractivity contribution in [1.82, 2.24) is 4.90 Å². The van der Waals surface area contributed by atoms with Gasteiger partial charge in [0.15, 0.2) is 11.5 Å². The third kappa shape index (κ3) is 5.89. The van der Waals surface area contributed by atoms with E-state index >= 15 is 0 Å². The molecule has 0 aromatic heterocycles. The number of amides is 2. The molecule has 0 N–H and O–H groups in total. The minimum atomic E-state index is -0.511. The number of nitrogens with zero attached hydrogens (tertiary/aromatic N) is 2. The van der Waals surface area contributed by atoms with Gasteiger partial charge in [-0.3, -0.25) is 24.6 Å². The lowest BCUT2D eigenvalue weighted by Gasteiger charge is -2.14. The lowest BCUT2D eigenvalue weighted by molar-refractivity contribution is -0.384. The third-order valence-electron chi connectivity index (χ3n) is 5.21. The van der Waals surface area contributed by atoms with Gasteiger partial charge in [-0.25, -0.2) is 0 Å². The fourth-order valence-electron chi connectivity index (χ4n) is 3.39. The van der Waals surface area contributed by atoms with Crippen molar-refractivity contribution in [3.05, 3.63) is 102 Å². The minimum absolute atomic E-state index is 0.00686. The van der Waals surface area contributed by atoms with Gasteiger partial charge in [-0.15, -0.1) is 0 Å². The average molecular weight is 590 g/mol. The van der Waals surface area contributed by atoms with Gasteiger partial charge >= 0.3 is 0 Å². The Balaban J connectivity index is 1.50. The Labute approximate surface area is 224 Å². The first-order valence-corrected chi connectivity index (χ1v) is 12.5. The first kappa shape index (κ1) is 25.7. The molecule has 36 heavy (non-hydrogen) atoms. The number of thioether (sulfide) groups is 1. The van der Waals surface area contributed by atoms with E-state index < -0.39 is 16.1 Å². The van der Waals surface area contributed by atoms with Crippen molar-refractivity contribution in [2.24, 2.45) is 0 Å². The molecule has 1 fully saturated rings. The van der Waals surface area contributed by atoms with Gasteiger partial charge in [0.1, 0.15) is 6.61 Å². The van der Waals surface area contributed by atoms with Crippen LogP contribution in [-0.4, -0.2) is 28.1 Å². The summed E-state index contributed by atoms with van der Waals surface area (Å²) in [7, 11) is 1.49. The van der Waals surface area contributed by atoms with Gasteiger partial charge in [-0.2, -0.15) is 0 Å². The van der Waals surface area contributed by atoms with Crippen LogP contribution in [0.5, 0.6) is 11.5 Å². The van der Waals surface area contributed by atoms with Crippen LogP contribution in [0.4, 0.5) is 10.5 Å². The summed E-state index contributed by atoms with van der Waals surface area (Å²) in [6, 6.07) is 16.7. The molecule has 8 nitrogen and oxygen atoms in total. The molecule has 1 aliphatic rings. The van der Waals surface area contributed by atoms with Crippen LogP contribution in [-0.2, 0) is 17.9 Å². The molecule has 0 atom stereocenters. The zero-order valence-electron chi connectivity index (χ0n) is 18.8. The molecular formula is C25H18BrClN2O6S. The second-order valence-electron chi connectivity index (χ2n) is 7.64. The molecule has 1 aliphatic heterocycles. The number of ether oxygens (including phenoxy) is 2. The number of hydrogen-bond acceptors (Lipinski definition) is 7. The molecule has 1 heterocycles. The van der Waals surface area contributed by atoms with Crippen LogP contribution >= 0.6 is 39.3 Å². The van der Waals surface area contributed by atoms with Gasteiger partial charge in [0.05, 0.1) is 28.5 Å². The van der Waals surface area contributed by atoms with E-state index in [4.69, 9.17) is 21.1 Å². The summed E-state index contributed by atoms with van der Waals surface area (Å²) in [4.78, 5) is 37.0. The van der Waals surface area contributed by atoms with E-state index in [9.17, 15) is 19.7 Å². The van der Waals surface area contributed by atoms with Crippen LogP contribution in [0.15, 0.2) is 70.0 Å². The molecular weight excluding hydrogens is 572 g/mol. The molecule has 0 spiro atoms. The fraction of sp³-hybridized carbons (Fsp3) is 0.120. The summed E-state index contributed by atoms with van der Waals surface area (Å²) in [5.74, 6) is 0.287. The van der Waals surface area contributed by atoms with E-state index in [0.29, 0.717) is 27.6 Å². The Morgan fingerprint density at radius 1 is 1.08 bits per heavy atom. The van der Waals surface area contributed by atoms with Crippen molar-refractivity contribution in [2.75, 3.05) is 7.11 Å². The van der Waals surface area contributed by atoms with Crippen molar-refractivity contribution in [2.45, 2.75) is 13.2 Å². The molecule has 2 amide bonds. The Morgan fingerprint density at radius 2 is 1.75 bits per heavy atom. The van der Waals surface area contributed by atoms with E-state index in [2.05, 4.69) is 15.9 Å². The minimum Gasteiger partial charge on any atom is -0.493 e. The monoisotopic (exact) mass is 588 g/mol.